The fourth-order valence-corrected chi connectivity index (χ4v) is 7.56. The Bertz CT molecular complexity index is 2940. The molecular weight excluding hydrogens is 645 g/mol. The van der Waals surface area contributed by atoms with Crippen LogP contribution < -0.4 is 0 Å². The molecule has 2 aromatic heterocycles. The average Bonchev–Trinajstić information content (AvgIpc) is 3.63. The smallest absolute Gasteiger partial charge is 0.161 e. The lowest BCUT2D eigenvalue weighted by atomic mass is 9.90. The molecule has 0 saturated heterocycles. The first kappa shape index (κ1) is 30.7. The molecule has 0 unspecified atom stereocenters. The van der Waals surface area contributed by atoms with Gasteiger partial charge in [-0.25, -0.2) is 9.97 Å². The van der Waals surface area contributed by atoms with Gasteiger partial charge in [0.15, 0.2) is 5.82 Å². The van der Waals surface area contributed by atoms with E-state index in [-0.39, 0.29) is 0 Å². The maximum atomic E-state index is 6.59. The largest absolute Gasteiger partial charge is 0.455 e. The van der Waals surface area contributed by atoms with E-state index in [1.54, 1.807) is 0 Å². The topological polar surface area (TPSA) is 38.9 Å². The van der Waals surface area contributed by atoms with Crippen LogP contribution in [0.4, 0.5) is 0 Å². The SMILES string of the molecule is c1ccc(-c2cc(-c3cc(-c4ccccc4-c4ccccc4)cc(-c4cccc5c4oc4ccccc45)c3)nc(-c3cccc4ccccc34)n2)cc1. The molecule has 0 aliphatic carbocycles. The standard InChI is InChI=1S/C50H32N2O/c1-3-15-33(16-4-1)39-21-9-10-23-41(39)36-29-37(42-25-14-26-44-43-24-11-12-28-48(43)53-49(42)44)31-38(30-36)47-32-46(35-18-5-2-6-19-35)51-50(52-47)45-27-13-20-34-17-7-8-22-40(34)45/h1-32H. The van der Waals surface area contributed by atoms with Gasteiger partial charge in [0.25, 0.3) is 0 Å². The highest BCUT2D eigenvalue weighted by Gasteiger charge is 2.18. The Labute approximate surface area is 307 Å². The highest BCUT2D eigenvalue weighted by atomic mass is 16.3. The molecule has 0 fully saturated rings. The van der Waals surface area contributed by atoms with Crippen LogP contribution in [0.15, 0.2) is 199 Å². The summed E-state index contributed by atoms with van der Waals surface area (Å²) in [5.74, 6) is 0.689. The highest BCUT2D eigenvalue weighted by molar-refractivity contribution is 6.10. The van der Waals surface area contributed by atoms with E-state index in [1.807, 2.05) is 18.2 Å². The van der Waals surface area contributed by atoms with Gasteiger partial charge >= 0.3 is 0 Å². The van der Waals surface area contributed by atoms with Crippen molar-refractivity contribution < 1.29 is 4.42 Å². The van der Waals surface area contributed by atoms with Gasteiger partial charge in [-0.1, -0.05) is 164 Å². The van der Waals surface area contributed by atoms with Crippen LogP contribution in [0.2, 0.25) is 0 Å². The first-order chi connectivity index (χ1) is 26.3. The van der Waals surface area contributed by atoms with E-state index in [4.69, 9.17) is 14.4 Å². The predicted molar refractivity (Wildman–Crippen MR) is 219 cm³/mol. The number of hydrogen-bond donors (Lipinski definition) is 0. The van der Waals surface area contributed by atoms with Gasteiger partial charge in [-0.3, -0.25) is 0 Å². The van der Waals surface area contributed by atoms with E-state index in [0.29, 0.717) is 5.82 Å². The number of para-hydroxylation sites is 2. The van der Waals surface area contributed by atoms with Crippen molar-refractivity contribution in [3.8, 4) is 67.3 Å². The highest BCUT2D eigenvalue weighted by Crippen LogP contribution is 2.41. The molecule has 2 heterocycles. The van der Waals surface area contributed by atoms with Gasteiger partial charge in [0.1, 0.15) is 11.2 Å². The summed E-state index contributed by atoms with van der Waals surface area (Å²) in [5.41, 5.74) is 13.2. The second-order valence-electron chi connectivity index (χ2n) is 13.3. The minimum atomic E-state index is 0.689. The molecule has 0 saturated carbocycles. The maximum absolute atomic E-state index is 6.59. The molecule has 0 spiro atoms. The normalized spacial score (nSPS) is 11.4. The van der Waals surface area contributed by atoms with Crippen molar-refractivity contribution >= 4 is 32.7 Å². The summed E-state index contributed by atoms with van der Waals surface area (Å²) >= 11 is 0. The summed E-state index contributed by atoms with van der Waals surface area (Å²) in [6.45, 7) is 0. The first-order valence-corrected chi connectivity index (χ1v) is 17.9. The first-order valence-electron chi connectivity index (χ1n) is 17.9. The molecule has 0 atom stereocenters. The predicted octanol–water partition coefficient (Wildman–Crippen LogP) is 13.5. The Kier molecular flexibility index (Phi) is 7.47. The Morgan fingerprint density at radius 2 is 0.830 bits per heavy atom. The molecule has 0 N–H and O–H groups in total. The molecule has 10 aromatic rings. The lowest BCUT2D eigenvalue weighted by Gasteiger charge is -2.16. The van der Waals surface area contributed by atoms with Gasteiger partial charge < -0.3 is 4.42 Å². The lowest BCUT2D eigenvalue weighted by Crippen LogP contribution is -1.97. The average molecular weight is 677 g/mol. The van der Waals surface area contributed by atoms with Crippen LogP contribution in [0.1, 0.15) is 0 Å². The number of hydrogen-bond acceptors (Lipinski definition) is 3. The second-order valence-corrected chi connectivity index (χ2v) is 13.3. The zero-order valence-corrected chi connectivity index (χ0v) is 28.8. The van der Waals surface area contributed by atoms with Crippen LogP contribution in [0.25, 0.3) is 100.0 Å². The third-order valence-corrected chi connectivity index (χ3v) is 10.1. The fraction of sp³-hybridized carbons (Fsp3) is 0. The van der Waals surface area contributed by atoms with Gasteiger partial charge in [0.2, 0.25) is 0 Å². The Morgan fingerprint density at radius 1 is 0.321 bits per heavy atom. The molecule has 0 amide bonds. The number of aromatic nitrogens is 2. The molecule has 3 nitrogen and oxygen atoms in total. The van der Waals surface area contributed by atoms with Crippen LogP contribution in [0.3, 0.4) is 0 Å². The zero-order chi connectivity index (χ0) is 35.1. The Hall–Kier alpha value is -7.10. The zero-order valence-electron chi connectivity index (χ0n) is 28.8. The minimum Gasteiger partial charge on any atom is -0.455 e. The van der Waals surface area contributed by atoms with Crippen molar-refractivity contribution in [2.45, 2.75) is 0 Å². The van der Waals surface area contributed by atoms with Crippen molar-refractivity contribution in [3.05, 3.63) is 194 Å². The summed E-state index contributed by atoms with van der Waals surface area (Å²) in [6, 6.07) is 68.0. The molecule has 248 valence electrons. The van der Waals surface area contributed by atoms with E-state index in [2.05, 4.69) is 176 Å². The maximum Gasteiger partial charge on any atom is 0.161 e. The van der Waals surface area contributed by atoms with E-state index < -0.39 is 0 Å². The van der Waals surface area contributed by atoms with E-state index in [1.165, 1.54) is 11.1 Å². The molecule has 0 radical (unpaired) electrons. The minimum absolute atomic E-state index is 0.689. The van der Waals surface area contributed by atoms with Gasteiger partial charge in [-0.05, 0) is 68.9 Å². The molecule has 10 rings (SSSR count). The van der Waals surface area contributed by atoms with E-state index >= 15 is 0 Å². The van der Waals surface area contributed by atoms with Gasteiger partial charge in [0, 0.05) is 33.0 Å². The van der Waals surface area contributed by atoms with Crippen molar-refractivity contribution in [1.29, 1.82) is 0 Å². The van der Waals surface area contributed by atoms with Crippen molar-refractivity contribution in [3.63, 3.8) is 0 Å². The number of fused-ring (bicyclic) bond motifs is 4. The number of nitrogens with zero attached hydrogens (tertiary/aromatic N) is 2. The number of benzene rings is 8. The molecule has 0 aliphatic heterocycles. The van der Waals surface area contributed by atoms with E-state index in [0.717, 1.165) is 83.0 Å². The van der Waals surface area contributed by atoms with Crippen molar-refractivity contribution in [1.82, 2.24) is 9.97 Å². The molecule has 3 heteroatoms. The summed E-state index contributed by atoms with van der Waals surface area (Å²) in [4.78, 5) is 10.6. The fourth-order valence-electron chi connectivity index (χ4n) is 7.56. The summed E-state index contributed by atoms with van der Waals surface area (Å²) in [7, 11) is 0. The van der Waals surface area contributed by atoms with Crippen LogP contribution in [-0.4, -0.2) is 9.97 Å². The van der Waals surface area contributed by atoms with Crippen LogP contribution in [-0.2, 0) is 0 Å². The Morgan fingerprint density at radius 3 is 1.62 bits per heavy atom. The third-order valence-electron chi connectivity index (χ3n) is 10.1. The monoisotopic (exact) mass is 676 g/mol. The Balaban J connectivity index is 1.25. The molecule has 8 aromatic carbocycles. The van der Waals surface area contributed by atoms with Crippen LogP contribution in [0, 0.1) is 0 Å². The number of rotatable bonds is 6. The van der Waals surface area contributed by atoms with Crippen LogP contribution >= 0.6 is 0 Å². The van der Waals surface area contributed by atoms with Crippen molar-refractivity contribution in [2.24, 2.45) is 0 Å². The summed E-state index contributed by atoms with van der Waals surface area (Å²) in [5, 5.41) is 4.48. The van der Waals surface area contributed by atoms with Gasteiger partial charge in [0.05, 0.1) is 11.4 Å². The van der Waals surface area contributed by atoms with E-state index in [9.17, 15) is 0 Å². The molecular formula is C50H32N2O. The lowest BCUT2D eigenvalue weighted by molar-refractivity contribution is 0.670. The third kappa shape index (κ3) is 5.56. The summed E-state index contributed by atoms with van der Waals surface area (Å²) < 4.78 is 6.59. The van der Waals surface area contributed by atoms with Gasteiger partial charge in [-0.2, -0.15) is 0 Å². The number of furan rings is 1. The second kappa shape index (κ2) is 12.9. The van der Waals surface area contributed by atoms with Crippen LogP contribution in [0.5, 0.6) is 0 Å². The van der Waals surface area contributed by atoms with Crippen molar-refractivity contribution in [2.75, 3.05) is 0 Å². The molecule has 0 bridgehead atoms. The molecule has 0 aliphatic rings. The molecule has 53 heavy (non-hydrogen) atoms. The quantitative estimate of drug-likeness (QED) is 0.176. The van der Waals surface area contributed by atoms with Gasteiger partial charge in [-0.15, -0.1) is 0 Å². The summed E-state index contributed by atoms with van der Waals surface area (Å²) in [6.07, 6.45) is 0.